The van der Waals surface area contributed by atoms with Crippen LogP contribution in [-0.2, 0) is 28.5 Å². The van der Waals surface area contributed by atoms with E-state index in [1.165, 1.54) is 0 Å². The van der Waals surface area contributed by atoms with Gasteiger partial charge in [-0.05, 0) is 52.2 Å². The maximum Gasteiger partial charge on any atom is 0.310 e. The number of carbonyl (C=O) groups excluding carboxylic acids is 2. The van der Waals surface area contributed by atoms with Gasteiger partial charge in [-0.3, -0.25) is 9.59 Å². The third-order valence-electron chi connectivity index (χ3n) is 4.85. The van der Waals surface area contributed by atoms with Crippen LogP contribution in [0.2, 0.25) is 0 Å². The van der Waals surface area contributed by atoms with Crippen LogP contribution < -0.4 is 4.74 Å². The molecule has 1 aliphatic heterocycles. The van der Waals surface area contributed by atoms with Gasteiger partial charge in [0.2, 0.25) is 0 Å². The van der Waals surface area contributed by atoms with Gasteiger partial charge in [-0.2, -0.15) is 0 Å². The van der Waals surface area contributed by atoms with Crippen molar-refractivity contribution in [2.24, 2.45) is 11.8 Å². The lowest BCUT2D eigenvalue weighted by Gasteiger charge is -2.34. The van der Waals surface area contributed by atoms with Crippen molar-refractivity contribution in [1.82, 2.24) is 0 Å². The molecule has 0 saturated carbocycles. The van der Waals surface area contributed by atoms with Crippen LogP contribution in [0.4, 0.5) is 0 Å². The van der Waals surface area contributed by atoms with Crippen molar-refractivity contribution in [3.63, 3.8) is 0 Å². The number of hydrogen-bond acceptors (Lipinski definition) is 7. The first-order valence-electron chi connectivity index (χ1n) is 11.4. The highest BCUT2D eigenvalue weighted by Gasteiger charge is 2.36. The zero-order valence-corrected chi connectivity index (χ0v) is 20.2. The summed E-state index contributed by atoms with van der Waals surface area (Å²) >= 11 is 0. The largest absolute Gasteiger partial charge is 0.484 e. The molecule has 7 nitrogen and oxygen atoms in total. The second kappa shape index (κ2) is 12.2. The molecule has 0 aliphatic carbocycles. The lowest BCUT2D eigenvalue weighted by atomic mass is 10.0. The number of esters is 2. The monoisotopic (exact) mass is 450 g/mol. The number of benzene rings is 1. The summed E-state index contributed by atoms with van der Waals surface area (Å²) in [5, 5.41) is 0. The van der Waals surface area contributed by atoms with Gasteiger partial charge in [-0.1, -0.05) is 32.0 Å². The molecule has 0 radical (unpaired) electrons. The number of para-hydroxylation sites is 1. The molecular weight excluding hydrogens is 412 g/mol. The minimum atomic E-state index is -0.641. The summed E-state index contributed by atoms with van der Waals surface area (Å²) in [4.78, 5) is 25.2. The van der Waals surface area contributed by atoms with Gasteiger partial charge in [0.1, 0.15) is 23.6 Å². The molecule has 2 rings (SSSR count). The van der Waals surface area contributed by atoms with Gasteiger partial charge in [-0.25, -0.2) is 0 Å². The summed E-state index contributed by atoms with van der Waals surface area (Å²) < 4.78 is 29.3. The van der Waals surface area contributed by atoms with Crippen molar-refractivity contribution in [3.05, 3.63) is 30.3 Å². The van der Waals surface area contributed by atoms with E-state index >= 15 is 0 Å². The van der Waals surface area contributed by atoms with E-state index in [-0.39, 0.29) is 6.42 Å². The minimum absolute atomic E-state index is 0.0519. The van der Waals surface area contributed by atoms with Crippen LogP contribution >= 0.6 is 0 Å². The number of cyclic esters (lactones) is 1. The molecule has 0 amide bonds. The summed E-state index contributed by atoms with van der Waals surface area (Å²) in [6.45, 7) is 12.4. The van der Waals surface area contributed by atoms with E-state index in [1.807, 2.05) is 30.3 Å². The molecule has 1 aromatic rings. The lowest BCUT2D eigenvalue weighted by molar-refractivity contribution is -0.175. The Bertz CT molecular complexity index is 711. The summed E-state index contributed by atoms with van der Waals surface area (Å²) in [6, 6.07) is 9.35. The van der Waals surface area contributed by atoms with Crippen molar-refractivity contribution in [2.75, 3.05) is 19.8 Å². The third-order valence-corrected chi connectivity index (χ3v) is 4.85. The van der Waals surface area contributed by atoms with E-state index in [2.05, 4.69) is 13.8 Å². The fourth-order valence-electron chi connectivity index (χ4n) is 3.34. The second-order valence-corrected chi connectivity index (χ2v) is 9.65. The van der Waals surface area contributed by atoms with Crippen molar-refractivity contribution >= 4 is 11.9 Å². The maximum absolute atomic E-state index is 12.9. The fourth-order valence-corrected chi connectivity index (χ4v) is 3.34. The topological polar surface area (TPSA) is 80.3 Å². The SMILES string of the molecule is CC(C)CO[C@H]1COCC[C@H](CC(=O)OC(C)(C)C)C(=O)O[C@@H](C)[C@@H]1Oc1ccccc1. The Morgan fingerprint density at radius 3 is 2.50 bits per heavy atom. The van der Waals surface area contributed by atoms with E-state index < -0.39 is 41.8 Å². The number of carbonyl (C=O) groups is 2. The Morgan fingerprint density at radius 2 is 1.88 bits per heavy atom. The normalized spacial score (nSPS) is 25.2. The zero-order chi connectivity index (χ0) is 23.7. The highest BCUT2D eigenvalue weighted by molar-refractivity contribution is 5.80. The standard InChI is InChI=1S/C25H38O7/c1-17(2)15-29-21-16-28-13-12-19(14-22(26)32-25(4,5)6)24(27)30-18(3)23(21)31-20-10-8-7-9-11-20/h7-11,17-19,21,23H,12-16H2,1-6H3/t18-,19+,21-,23-/m0/s1. The smallest absolute Gasteiger partial charge is 0.310 e. The van der Waals surface area contributed by atoms with Crippen LogP contribution in [0.1, 0.15) is 54.4 Å². The quantitative estimate of drug-likeness (QED) is 0.577. The summed E-state index contributed by atoms with van der Waals surface area (Å²) in [5.74, 6) is -0.546. The van der Waals surface area contributed by atoms with E-state index in [1.54, 1.807) is 27.7 Å². The van der Waals surface area contributed by atoms with E-state index in [0.717, 1.165) is 0 Å². The maximum atomic E-state index is 12.9. The molecule has 1 aromatic carbocycles. The van der Waals surface area contributed by atoms with Crippen LogP contribution in [0.5, 0.6) is 5.75 Å². The van der Waals surface area contributed by atoms with E-state index in [0.29, 0.717) is 37.9 Å². The van der Waals surface area contributed by atoms with E-state index in [9.17, 15) is 9.59 Å². The summed E-state index contributed by atoms with van der Waals surface area (Å²) in [6.07, 6.45) is -1.28. The van der Waals surface area contributed by atoms with Crippen LogP contribution in [0.25, 0.3) is 0 Å². The summed E-state index contributed by atoms with van der Waals surface area (Å²) in [5.41, 5.74) is -0.615. The van der Waals surface area contributed by atoms with Crippen molar-refractivity contribution < 1.29 is 33.3 Å². The van der Waals surface area contributed by atoms with Crippen LogP contribution in [0, 0.1) is 11.8 Å². The Hall–Kier alpha value is -2.12. The van der Waals surface area contributed by atoms with Gasteiger partial charge in [0.05, 0.1) is 18.9 Å². The molecule has 32 heavy (non-hydrogen) atoms. The van der Waals surface area contributed by atoms with Gasteiger partial charge in [0.15, 0.2) is 6.10 Å². The van der Waals surface area contributed by atoms with Gasteiger partial charge >= 0.3 is 11.9 Å². The Kier molecular flexibility index (Phi) is 9.97. The van der Waals surface area contributed by atoms with Crippen molar-refractivity contribution in [2.45, 2.75) is 78.3 Å². The highest BCUT2D eigenvalue weighted by Crippen LogP contribution is 2.23. The zero-order valence-electron chi connectivity index (χ0n) is 20.2. The van der Waals surface area contributed by atoms with Crippen LogP contribution in [-0.4, -0.2) is 55.7 Å². The van der Waals surface area contributed by atoms with Crippen molar-refractivity contribution in [3.8, 4) is 5.75 Å². The molecule has 0 unspecified atom stereocenters. The average Bonchev–Trinajstić information content (AvgIpc) is 2.69. The van der Waals surface area contributed by atoms with Gasteiger partial charge in [0.25, 0.3) is 0 Å². The first-order chi connectivity index (χ1) is 15.0. The molecule has 0 aromatic heterocycles. The van der Waals surface area contributed by atoms with Gasteiger partial charge in [-0.15, -0.1) is 0 Å². The van der Waals surface area contributed by atoms with Crippen LogP contribution in [0.3, 0.4) is 0 Å². The first-order valence-corrected chi connectivity index (χ1v) is 11.4. The number of ether oxygens (including phenoxy) is 5. The average molecular weight is 451 g/mol. The molecule has 7 heteroatoms. The Morgan fingerprint density at radius 1 is 1.19 bits per heavy atom. The molecule has 0 bridgehead atoms. The molecular formula is C25H38O7. The Balaban J connectivity index is 2.16. The third kappa shape index (κ3) is 9.17. The fraction of sp³-hybridized carbons (Fsp3) is 0.680. The predicted octanol–water partition coefficient (Wildman–Crippen LogP) is 4.18. The molecule has 180 valence electrons. The van der Waals surface area contributed by atoms with Gasteiger partial charge < -0.3 is 23.7 Å². The second-order valence-electron chi connectivity index (χ2n) is 9.65. The highest BCUT2D eigenvalue weighted by atomic mass is 16.6. The molecule has 1 heterocycles. The number of rotatable bonds is 7. The minimum Gasteiger partial charge on any atom is -0.484 e. The molecule has 0 N–H and O–H groups in total. The molecule has 4 atom stereocenters. The summed E-state index contributed by atoms with van der Waals surface area (Å²) in [7, 11) is 0. The molecule has 0 spiro atoms. The molecule has 1 aliphatic rings. The Labute approximate surface area is 191 Å². The van der Waals surface area contributed by atoms with Crippen LogP contribution in [0.15, 0.2) is 30.3 Å². The molecule has 1 fully saturated rings. The number of hydrogen-bond donors (Lipinski definition) is 0. The van der Waals surface area contributed by atoms with E-state index in [4.69, 9.17) is 23.7 Å². The molecule has 1 saturated heterocycles. The first kappa shape index (κ1) is 26.1. The van der Waals surface area contributed by atoms with Crippen molar-refractivity contribution in [1.29, 1.82) is 0 Å². The lowest BCUT2D eigenvalue weighted by Crippen LogP contribution is -2.48. The predicted molar refractivity (Wildman–Crippen MR) is 120 cm³/mol. The van der Waals surface area contributed by atoms with Gasteiger partial charge in [0, 0.05) is 13.2 Å².